The zero-order chi connectivity index (χ0) is 26.0. The van der Waals surface area contributed by atoms with Crippen molar-refractivity contribution < 1.29 is 14.3 Å². The van der Waals surface area contributed by atoms with Crippen LogP contribution in [0.3, 0.4) is 0 Å². The number of hydrogen-bond donors (Lipinski definition) is 2. The quantitative estimate of drug-likeness (QED) is 0.383. The molecule has 5 rings (SSSR count). The van der Waals surface area contributed by atoms with Crippen LogP contribution in [0.4, 0.5) is 11.5 Å². The van der Waals surface area contributed by atoms with Crippen LogP contribution in [0, 0.1) is 0 Å². The minimum Gasteiger partial charge on any atom is -0.484 e. The van der Waals surface area contributed by atoms with Gasteiger partial charge in [-0.2, -0.15) is 5.10 Å². The number of hydrogen-bond acceptors (Lipinski definition) is 7. The molecule has 0 spiro atoms. The van der Waals surface area contributed by atoms with E-state index in [2.05, 4.69) is 27.9 Å². The number of aromatic nitrogens is 4. The van der Waals surface area contributed by atoms with E-state index in [4.69, 9.17) is 19.4 Å². The maximum absolute atomic E-state index is 12.1. The van der Waals surface area contributed by atoms with Crippen molar-refractivity contribution in [1.29, 1.82) is 0 Å². The first-order valence-electron chi connectivity index (χ1n) is 12.1. The summed E-state index contributed by atoms with van der Waals surface area (Å²) in [6.07, 6.45) is 3.83. The molecule has 3 heterocycles. The molecule has 2 aromatic carbocycles. The second kappa shape index (κ2) is 10.0. The Morgan fingerprint density at radius 3 is 2.59 bits per heavy atom. The summed E-state index contributed by atoms with van der Waals surface area (Å²) in [5, 5.41) is 10.6. The van der Waals surface area contributed by atoms with Gasteiger partial charge in [0, 0.05) is 41.2 Å². The highest BCUT2D eigenvalue weighted by Gasteiger charge is 2.21. The summed E-state index contributed by atoms with van der Waals surface area (Å²) >= 11 is 0. The standard InChI is InChI=1S/C28H30N6O3/c1-28(2,3)33-25(35)17-37-22-7-5-6-19(12-22)26-31-24-16-36-15-23(24)27(32-26)30-21-10-8-18(9-11-21)20-13-29-34(4)14-20/h5-14H,15-17H2,1-4H3,(H,33,35)(H,30,31,32). The molecule has 1 amide bonds. The number of ether oxygens (including phenoxy) is 2. The van der Waals surface area contributed by atoms with Crippen LogP contribution >= 0.6 is 0 Å². The molecular weight excluding hydrogens is 468 g/mol. The van der Waals surface area contributed by atoms with E-state index < -0.39 is 0 Å². The number of rotatable bonds is 7. The maximum Gasteiger partial charge on any atom is 0.258 e. The SMILES string of the molecule is Cn1cc(-c2ccc(Nc3nc(-c4cccc(OCC(=O)NC(C)(C)C)c4)nc4c3COC4)cc2)cn1. The fraction of sp³-hybridized carbons (Fsp3) is 0.286. The third-order valence-electron chi connectivity index (χ3n) is 5.74. The molecule has 9 heteroatoms. The first kappa shape index (κ1) is 24.5. The van der Waals surface area contributed by atoms with Gasteiger partial charge in [0.15, 0.2) is 12.4 Å². The summed E-state index contributed by atoms with van der Waals surface area (Å²) in [7, 11) is 1.90. The Balaban J connectivity index is 1.36. The van der Waals surface area contributed by atoms with Crippen molar-refractivity contribution in [1.82, 2.24) is 25.1 Å². The van der Waals surface area contributed by atoms with Gasteiger partial charge in [0.05, 0.1) is 25.1 Å². The third-order valence-corrected chi connectivity index (χ3v) is 5.74. The van der Waals surface area contributed by atoms with Crippen molar-refractivity contribution in [2.75, 3.05) is 11.9 Å². The maximum atomic E-state index is 12.1. The molecule has 1 aliphatic rings. The fourth-order valence-corrected chi connectivity index (χ4v) is 4.06. The number of carbonyl (C=O) groups is 1. The van der Waals surface area contributed by atoms with Crippen LogP contribution in [0.25, 0.3) is 22.5 Å². The lowest BCUT2D eigenvalue weighted by Crippen LogP contribution is -2.43. The summed E-state index contributed by atoms with van der Waals surface area (Å²) in [5.41, 5.74) is 5.34. The van der Waals surface area contributed by atoms with Crippen LogP contribution in [-0.4, -0.2) is 37.8 Å². The summed E-state index contributed by atoms with van der Waals surface area (Å²) < 4.78 is 13.2. The molecule has 37 heavy (non-hydrogen) atoms. The Labute approximate surface area is 215 Å². The van der Waals surface area contributed by atoms with Crippen molar-refractivity contribution >= 4 is 17.4 Å². The Kier molecular flexibility index (Phi) is 6.62. The van der Waals surface area contributed by atoms with Crippen LogP contribution in [0.2, 0.25) is 0 Å². The molecule has 0 fully saturated rings. The van der Waals surface area contributed by atoms with E-state index in [9.17, 15) is 4.79 Å². The Morgan fingerprint density at radius 1 is 1.05 bits per heavy atom. The predicted molar refractivity (Wildman–Crippen MR) is 141 cm³/mol. The van der Waals surface area contributed by atoms with E-state index in [0.29, 0.717) is 30.6 Å². The van der Waals surface area contributed by atoms with Gasteiger partial charge in [-0.15, -0.1) is 0 Å². The van der Waals surface area contributed by atoms with E-state index in [-0.39, 0.29) is 18.1 Å². The minimum atomic E-state index is -0.314. The smallest absolute Gasteiger partial charge is 0.258 e. The van der Waals surface area contributed by atoms with E-state index in [1.165, 1.54) is 0 Å². The van der Waals surface area contributed by atoms with Gasteiger partial charge >= 0.3 is 0 Å². The molecular formula is C28H30N6O3. The molecule has 0 saturated carbocycles. The van der Waals surface area contributed by atoms with Crippen LogP contribution in [0.5, 0.6) is 5.75 Å². The second-order valence-corrected chi connectivity index (χ2v) is 10.0. The molecule has 190 valence electrons. The number of nitrogens with zero attached hydrogens (tertiary/aromatic N) is 4. The van der Waals surface area contributed by atoms with Crippen molar-refractivity contribution in [3.63, 3.8) is 0 Å². The van der Waals surface area contributed by atoms with Gasteiger partial charge in [-0.05, 0) is 50.6 Å². The third kappa shape index (κ3) is 5.95. The first-order valence-corrected chi connectivity index (χ1v) is 12.1. The van der Waals surface area contributed by atoms with Gasteiger partial charge in [0.25, 0.3) is 5.91 Å². The Bertz CT molecular complexity index is 1420. The van der Waals surface area contributed by atoms with Crippen molar-refractivity contribution in [3.8, 4) is 28.3 Å². The molecule has 0 radical (unpaired) electrons. The lowest BCUT2D eigenvalue weighted by atomic mass is 10.1. The average molecular weight is 499 g/mol. The fourth-order valence-electron chi connectivity index (χ4n) is 4.06. The number of nitrogens with one attached hydrogen (secondary N) is 2. The molecule has 2 aromatic heterocycles. The molecule has 1 aliphatic heterocycles. The van der Waals surface area contributed by atoms with Gasteiger partial charge in [-0.3, -0.25) is 9.48 Å². The highest BCUT2D eigenvalue weighted by atomic mass is 16.5. The molecule has 2 N–H and O–H groups in total. The largest absolute Gasteiger partial charge is 0.484 e. The van der Waals surface area contributed by atoms with Gasteiger partial charge in [-0.1, -0.05) is 24.3 Å². The number of anilines is 2. The number of carbonyl (C=O) groups excluding carboxylic acids is 1. The molecule has 0 atom stereocenters. The molecule has 0 saturated heterocycles. The molecule has 0 bridgehead atoms. The van der Waals surface area contributed by atoms with Crippen LogP contribution in [0.15, 0.2) is 60.9 Å². The zero-order valence-corrected chi connectivity index (χ0v) is 21.4. The summed E-state index contributed by atoms with van der Waals surface area (Å²) in [5.74, 6) is 1.66. The number of aryl methyl sites for hydroxylation is 1. The normalized spacial score (nSPS) is 12.8. The molecule has 0 unspecified atom stereocenters. The highest BCUT2D eigenvalue weighted by molar-refractivity contribution is 5.78. The lowest BCUT2D eigenvalue weighted by Gasteiger charge is -2.20. The van der Waals surface area contributed by atoms with Gasteiger partial charge in [0.1, 0.15) is 11.6 Å². The monoisotopic (exact) mass is 498 g/mol. The van der Waals surface area contributed by atoms with Gasteiger partial charge < -0.3 is 20.1 Å². The summed E-state index contributed by atoms with van der Waals surface area (Å²) in [6, 6.07) is 15.6. The molecule has 4 aromatic rings. The van der Waals surface area contributed by atoms with Crippen molar-refractivity contribution in [2.24, 2.45) is 7.05 Å². The average Bonchev–Trinajstić information content (AvgIpc) is 3.51. The molecule has 0 aliphatic carbocycles. The van der Waals surface area contributed by atoms with Crippen LogP contribution in [-0.2, 0) is 29.8 Å². The van der Waals surface area contributed by atoms with E-state index in [1.54, 1.807) is 4.68 Å². The van der Waals surface area contributed by atoms with Crippen molar-refractivity contribution in [2.45, 2.75) is 39.5 Å². The number of benzene rings is 2. The lowest BCUT2D eigenvalue weighted by molar-refractivity contribution is -0.124. The van der Waals surface area contributed by atoms with Gasteiger partial charge in [0.2, 0.25) is 0 Å². The zero-order valence-electron chi connectivity index (χ0n) is 21.4. The number of fused-ring (bicyclic) bond motifs is 1. The minimum absolute atomic E-state index is 0.0680. The van der Waals surface area contributed by atoms with Crippen LogP contribution < -0.4 is 15.4 Å². The summed E-state index contributed by atoms with van der Waals surface area (Å²) in [4.78, 5) is 21.7. The van der Waals surface area contributed by atoms with Crippen molar-refractivity contribution in [3.05, 3.63) is 72.2 Å². The van der Waals surface area contributed by atoms with E-state index in [1.807, 2.05) is 76.6 Å². The van der Waals surface area contributed by atoms with E-state index in [0.717, 1.165) is 33.6 Å². The van der Waals surface area contributed by atoms with Crippen LogP contribution in [0.1, 0.15) is 32.0 Å². The van der Waals surface area contributed by atoms with E-state index >= 15 is 0 Å². The Hall–Kier alpha value is -4.24. The predicted octanol–water partition coefficient (Wildman–Crippen LogP) is 4.61. The first-order chi connectivity index (χ1) is 17.7. The van der Waals surface area contributed by atoms with Gasteiger partial charge in [-0.25, -0.2) is 9.97 Å². The Morgan fingerprint density at radius 2 is 1.86 bits per heavy atom. The second-order valence-electron chi connectivity index (χ2n) is 10.0. The molecule has 9 nitrogen and oxygen atoms in total. The number of amides is 1. The summed E-state index contributed by atoms with van der Waals surface area (Å²) in [6.45, 7) is 6.62. The highest BCUT2D eigenvalue weighted by Crippen LogP contribution is 2.31. The topological polar surface area (TPSA) is 103 Å².